The summed E-state index contributed by atoms with van der Waals surface area (Å²) in [7, 11) is 3.86. The molecule has 2 aromatic heterocycles. The van der Waals surface area contributed by atoms with Crippen LogP contribution in [0.4, 0.5) is 11.6 Å². The minimum absolute atomic E-state index is 0.0820. The van der Waals surface area contributed by atoms with E-state index in [1.54, 1.807) is 7.11 Å². The number of pyridine rings is 1. The third kappa shape index (κ3) is 5.69. The SMILES string of the molecule is COC[C@H](C)Nc1ncc2c(OC3CCOCC3)ncc(-c3ccc(N4CCN(C)CC4)cc3)c2n1. The van der Waals surface area contributed by atoms with E-state index in [0.717, 1.165) is 61.1 Å². The number of likely N-dealkylation sites (N-methyl/N-ethyl adjacent to an activating group) is 1. The van der Waals surface area contributed by atoms with Crippen molar-refractivity contribution in [2.45, 2.75) is 31.9 Å². The van der Waals surface area contributed by atoms with Gasteiger partial charge in [0.25, 0.3) is 0 Å². The molecule has 36 heavy (non-hydrogen) atoms. The van der Waals surface area contributed by atoms with Crippen molar-refractivity contribution in [1.29, 1.82) is 0 Å². The molecule has 9 nitrogen and oxygen atoms in total. The molecule has 1 aromatic carbocycles. The molecule has 5 rings (SSSR count). The first-order valence-electron chi connectivity index (χ1n) is 12.8. The number of hydrogen-bond donors (Lipinski definition) is 1. The summed E-state index contributed by atoms with van der Waals surface area (Å²) in [5, 5.41) is 4.15. The van der Waals surface area contributed by atoms with Crippen LogP contribution in [0.15, 0.2) is 36.7 Å². The van der Waals surface area contributed by atoms with Gasteiger partial charge in [-0.15, -0.1) is 0 Å². The van der Waals surface area contributed by atoms with Gasteiger partial charge in [-0.25, -0.2) is 15.0 Å². The van der Waals surface area contributed by atoms with Gasteiger partial charge in [0.1, 0.15) is 6.10 Å². The number of ether oxygens (including phenoxy) is 3. The number of piperazine rings is 1. The molecular formula is C27H36N6O3. The lowest BCUT2D eigenvalue weighted by Crippen LogP contribution is -2.44. The number of anilines is 2. The molecular weight excluding hydrogens is 456 g/mol. The van der Waals surface area contributed by atoms with Gasteiger partial charge in [-0.3, -0.25) is 0 Å². The van der Waals surface area contributed by atoms with Crippen LogP contribution in [0.5, 0.6) is 5.88 Å². The van der Waals surface area contributed by atoms with Crippen LogP contribution < -0.4 is 15.0 Å². The Morgan fingerprint density at radius 3 is 2.53 bits per heavy atom. The van der Waals surface area contributed by atoms with Gasteiger partial charge in [0.15, 0.2) is 0 Å². The van der Waals surface area contributed by atoms with Crippen LogP contribution in [-0.2, 0) is 9.47 Å². The first kappa shape index (κ1) is 24.7. The summed E-state index contributed by atoms with van der Waals surface area (Å²) in [6.45, 7) is 8.28. The van der Waals surface area contributed by atoms with Crippen LogP contribution in [-0.4, -0.2) is 92.2 Å². The summed E-state index contributed by atoms with van der Waals surface area (Å²) in [6.07, 6.45) is 5.48. The van der Waals surface area contributed by atoms with E-state index in [1.807, 2.05) is 19.3 Å². The Balaban J connectivity index is 1.47. The van der Waals surface area contributed by atoms with Gasteiger partial charge in [0.05, 0.1) is 30.7 Å². The molecule has 0 bridgehead atoms. The maximum absolute atomic E-state index is 6.30. The van der Waals surface area contributed by atoms with Crippen molar-refractivity contribution < 1.29 is 14.2 Å². The molecule has 0 aliphatic carbocycles. The fourth-order valence-electron chi connectivity index (χ4n) is 4.75. The summed E-state index contributed by atoms with van der Waals surface area (Å²) in [6, 6.07) is 8.79. The van der Waals surface area contributed by atoms with Crippen molar-refractivity contribution in [2.75, 3.05) is 70.4 Å². The quantitative estimate of drug-likeness (QED) is 0.508. The molecule has 1 atom stereocenters. The second-order valence-corrected chi connectivity index (χ2v) is 9.70. The van der Waals surface area contributed by atoms with E-state index in [1.165, 1.54) is 5.69 Å². The molecule has 1 N–H and O–H groups in total. The molecule has 2 aliphatic rings. The number of fused-ring (bicyclic) bond motifs is 1. The Bertz CT molecular complexity index is 1140. The standard InChI is InChI=1S/C27H36N6O3/c1-19(18-34-3)30-27-29-17-24-25(31-27)23(16-28-26(24)36-22-8-14-35-15-9-22)20-4-6-21(7-5-20)33-12-10-32(2)11-13-33/h4-7,16-17,19,22H,8-15,18H2,1-3H3,(H,29,30,31)/t19-/m0/s1. The highest BCUT2D eigenvalue weighted by Gasteiger charge is 2.20. The van der Waals surface area contributed by atoms with E-state index in [0.29, 0.717) is 31.6 Å². The third-order valence-electron chi connectivity index (χ3n) is 6.87. The summed E-state index contributed by atoms with van der Waals surface area (Å²) < 4.78 is 17.0. The van der Waals surface area contributed by atoms with Gasteiger partial charge in [0.2, 0.25) is 11.8 Å². The number of methoxy groups -OCH3 is 1. The second kappa shape index (κ2) is 11.4. The molecule has 2 saturated heterocycles. The van der Waals surface area contributed by atoms with Crippen molar-refractivity contribution in [2.24, 2.45) is 0 Å². The number of rotatable bonds is 8. The zero-order valence-corrected chi connectivity index (χ0v) is 21.4. The summed E-state index contributed by atoms with van der Waals surface area (Å²) >= 11 is 0. The smallest absolute Gasteiger partial charge is 0.224 e. The number of hydrogen-bond acceptors (Lipinski definition) is 9. The van der Waals surface area contributed by atoms with Crippen LogP contribution in [0.25, 0.3) is 22.0 Å². The molecule has 192 valence electrons. The predicted octanol–water partition coefficient (Wildman–Crippen LogP) is 3.45. The van der Waals surface area contributed by atoms with E-state index in [2.05, 4.69) is 51.4 Å². The molecule has 2 fully saturated rings. The van der Waals surface area contributed by atoms with Crippen molar-refractivity contribution in [3.63, 3.8) is 0 Å². The molecule has 9 heteroatoms. The average molecular weight is 493 g/mol. The van der Waals surface area contributed by atoms with Gasteiger partial charge < -0.3 is 29.3 Å². The lowest BCUT2D eigenvalue weighted by Gasteiger charge is -2.34. The fourth-order valence-corrected chi connectivity index (χ4v) is 4.75. The lowest BCUT2D eigenvalue weighted by molar-refractivity contribution is 0.0244. The van der Waals surface area contributed by atoms with E-state index in [4.69, 9.17) is 24.2 Å². The predicted molar refractivity (Wildman–Crippen MR) is 142 cm³/mol. The van der Waals surface area contributed by atoms with Gasteiger partial charge >= 0.3 is 0 Å². The van der Waals surface area contributed by atoms with Crippen molar-refractivity contribution in [1.82, 2.24) is 19.9 Å². The minimum Gasteiger partial charge on any atom is -0.474 e. The lowest BCUT2D eigenvalue weighted by atomic mass is 10.0. The number of aromatic nitrogens is 3. The van der Waals surface area contributed by atoms with Gasteiger partial charge in [-0.2, -0.15) is 0 Å². The maximum atomic E-state index is 6.30. The first-order chi connectivity index (χ1) is 17.6. The van der Waals surface area contributed by atoms with Crippen LogP contribution >= 0.6 is 0 Å². The second-order valence-electron chi connectivity index (χ2n) is 9.70. The van der Waals surface area contributed by atoms with Crippen LogP contribution in [0.1, 0.15) is 19.8 Å². The molecule has 0 amide bonds. The van der Waals surface area contributed by atoms with E-state index in [-0.39, 0.29) is 12.1 Å². The summed E-state index contributed by atoms with van der Waals surface area (Å²) in [5.41, 5.74) is 4.09. The Morgan fingerprint density at radius 2 is 1.81 bits per heavy atom. The Hall–Kier alpha value is -3.01. The van der Waals surface area contributed by atoms with Gasteiger partial charge in [-0.1, -0.05) is 12.1 Å². The van der Waals surface area contributed by atoms with Crippen LogP contribution in [0, 0.1) is 0 Å². The molecule has 0 radical (unpaired) electrons. The Labute approximate surface area is 212 Å². The van der Waals surface area contributed by atoms with Crippen molar-refractivity contribution >= 4 is 22.5 Å². The molecule has 2 aliphatic heterocycles. The normalized spacial score (nSPS) is 18.4. The number of benzene rings is 1. The largest absolute Gasteiger partial charge is 0.474 e. The van der Waals surface area contributed by atoms with Crippen molar-refractivity contribution in [3.05, 3.63) is 36.7 Å². The maximum Gasteiger partial charge on any atom is 0.224 e. The van der Waals surface area contributed by atoms with Gasteiger partial charge in [-0.05, 0) is 31.7 Å². The number of nitrogens with one attached hydrogen (secondary N) is 1. The van der Waals surface area contributed by atoms with Crippen LogP contribution in [0.2, 0.25) is 0 Å². The molecule has 0 saturated carbocycles. The first-order valence-corrected chi connectivity index (χ1v) is 12.8. The molecule has 0 spiro atoms. The number of nitrogens with zero attached hydrogens (tertiary/aromatic N) is 5. The summed E-state index contributed by atoms with van der Waals surface area (Å²) in [4.78, 5) is 19.0. The third-order valence-corrected chi connectivity index (χ3v) is 6.87. The van der Waals surface area contributed by atoms with Crippen molar-refractivity contribution in [3.8, 4) is 17.0 Å². The molecule has 3 aromatic rings. The van der Waals surface area contributed by atoms with E-state index >= 15 is 0 Å². The Morgan fingerprint density at radius 1 is 1.06 bits per heavy atom. The minimum atomic E-state index is 0.0820. The van der Waals surface area contributed by atoms with Crippen LogP contribution in [0.3, 0.4) is 0 Å². The average Bonchev–Trinajstić information content (AvgIpc) is 2.90. The molecule has 0 unspecified atom stereocenters. The van der Waals surface area contributed by atoms with E-state index < -0.39 is 0 Å². The highest BCUT2D eigenvalue weighted by Crippen LogP contribution is 2.34. The van der Waals surface area contributed by atoms with Gasteiger partial charge in [0, 0.05) is 75.8 Å². The zero-order chi connectivity index (χ0) is 24.9. The monoisotopic (exact) mass is 492 g/mol. The highest BCUT2D eigenvalue weighted by molar-refractivity contribution is 5.96. The topological polar surface area (TPSA) is 84.9 Å². The Kier molecular flexibility index (Phi) is 7.79. The fraction of sp³-hybridized carbons (Fsp3) is 0.519. The van der Waals surface area contributed by atoms with E-state index in [9.17, 15) is 0 Å². The zero-order valence-electron chi connectivity index (χ0n) is 21.4. The highest BCUT2D eigenvalue weighted by atomic mass is 16.5. The summed E-state index contributed by atoms with van der Waals surface area (Å²) in [5.74, 6) is 1.14. The molecule has 4 heterocycles.